The third-order valence-electron chi connectivity index (χ3n) is 5.39. The van der Waals surface area contributed by atoms with Gasteiger partial charge >= 0.3 is 0 Å². The van der Waals surface area contributed by atoms with Gasteiger partial charge in [0.1, 0.15) is 11.5 Å². The number of nitrogens with zero attached hydrogens (tertiary/aromatic N) is 1. The van der Waals surface area contributed by atoms with Crippen molar-refractivity contribution < 1.29 is 19.1 Å². The van der Waals surface area contributed by atoms with Crippen molar-refractivity contribution in [3.05, 3.63) is 93.9 Å². The Kier molecular flexibility index (Phi) is 6.49. The number of imidazole rings is 1. The highest BCUT2D eigenvalue weighted by molar-refractivity contribution is 9.10. The van der Waals surface area contributed by atoms with Gasteiger partial charge < -0.3 is 25.1 Å². The zero-order valence-corrected chi connectivity index (χ0v) is 20.1. The van der Waals surface area contributed by atoms with Gasteiger partial charge in [-0.05, 0) is 60.2 Å². The van der Waals surface area contributed by atoms with E-state index in [0.29, 0.717) is 35.6 Å². The monoisotopic (exact) mass is 532 g/mol. The van der Waals surface area contributed by atoms with Gasteiger partial charge in [-0.15, -0.1) is 0 Å². The summed E-state index contributed by atoms with van der Waals surface area (Å²) in [5.41, 5.74) is 3.05. The van der Waals surface area contributed by atoms with E-state index in [1.54, 1.807) is 48.5 Å². The molecule has 3 aromatic carbocycles. The number of amides is 2. The SMILES string of the molecule is O=C(NCCc1nc2ccccc2[nH]1)C(=Cc1ccc2c(c1)OCO2)NC(=O)c1ccc(Br)cc1. The summed E-state index contributed by atoms with van der Waals surface area (Å²) in [6.45, 7) is 0.489. The summed E-state index contributed by atoms with van der Waals surface area (Å²) in [7, 11) is 0. The quantitative estimate of drug-likeness (QED) is 0.309. The molecule has 0 saturated heterocycles. The molecule has 4 aromatic rings. The topological polar surface area (TPSA) is 105 Å². The summed E-state index contributed by atoms with van der Waals surface area (Å²) in [6.07, 6.45) is 2.12. The lowest BCUT2D eigenvalue weighted by Crippen LogP contribution is -2.35. The Morgan fingerprint density at radius 3 is 2.66 bits per heavy atom. The first-order chi connectivity index (χ1) is 17.0. The van der Waals surface area contributed by atoms with Crippen molar-refractivity contribution in [2.45, 2.75) is 6.42 Å². The van der Waals surface area contributed by atoms with Crippen molar-refractivity contribution in [1.29, 1.82) is 0 Å². The fourth-order valence-electron chi connectivity index (χ4n) is 3.64. The molecule has 0 aliphatic carbocycles. The van der Waals surface area contributed by atoms with Crippen molar-refractivity contribution in [1.82, 2.24) is 20.6 Å². The smallest absolute Gasteiger partial charge is 0.267 e. The second kappa shape index (κ2) is 10.0. The second-order valence-electron chi connectivity index (χ2n) is 7.84. The maximum absolute atomic E-state index is 13.1. The number of nitrogens with one attached hydrogen (secondary N) is 3. The highest BCUT2D eigenvalue weighted by Gasteiger charge is 2.17. The molecule has 1 aromatic heterocycles. The summed E-state index contributed by atoms with van der Waals surface area (Å²) in [6, 6.07) is 20.0. The molecule has 1 aliphatic heterocycles. The number of aromatic amines is 1. The van der Waals surface area contributed by atoms with E-state index >= 15 is 0 Å². The van der Waals surface area contributed by atoms with Crippen LogP contribution in [-0.4, -0.2) is 35.1 Å². The number of carbonyl (C=O) groups is 2. The Hall–Kier alpha value is -4.11. The van der Waals surface area contributed by atoms with Gasteiger partial charge in [0, 0.05) is 23.0 Å². The third-order valence-corrected chi connectivity index (χ3v) is 5.92. The van der Waals surface area contributed by atoms with Crippen LogP contribution in [0.15, 0.2) is 76.9 Å². The number of aromatic nitrogens is 2. The lowest BCUT2D eigenvalue weighted by Gasteiger charge is -2.11. The molecule has 0 unspecified atom stereocenters. The highest BCUT2D eigenvalue weighted by Crippen LogP contribution is 2.33. The molecule has 1 aliphatic rings. The summed E-state index contributed by atoms with van der Waals surface area (Å²) in [4.78, 5) is 33.7. The Balaban J connectivity index is 1.32. The minimum absolute atomic E-state index is 0.112. The number of fused-ring (bicyclic) bond motifs is 2. The largest absolute Gasteiger partial charge is 0.454 e. The Morgan fingerprint density at radius 1 is 1.03 bits per heavy atom. The molecule has 3 N–H and O–H groups in total. The van der Waals surface area contributed by atoms with Gasteiger partial charge in [0.2, 0.25) is 6.79 Å². The van der Waals surface area contributed by atoms with E-state index in [1.807, 2.05) is 24.3 Å². The number of halogens is 1. The fourth-order valence-corrected chi connectivity index (χ4v) is 3.90. The van der Waals surface area contributed by atoms with Crippen LogP contribution in [0.4, 0.5) is 0 Å². The number of rotatable bonds is 7. The summed E-state index contributed by atoms with van der Waals surface area (Å²) in [5.74, 6) is 1.19. The molecule has 35 heavy (non-hydrogen) atoms. The number of benzene rings is 3. The van der Waals surface area contributed by atoms with Crippen LogP contribution >= 0.6 is 15.9 Å². The van der Waals surface area contributed by atoms with E-state index in [-0.39, 0.29) is 12.5 Å². The number of para-hydroxylation sites is 2. The van der Waals surface area contributed by atoms with Crippen LogP contribution in [0.25, 0.3) is 17.1 Å². The molecule has 2 amide bonds. The lowest BCUT2D eigenvalue weighted by atomic mass is 10.1. The summed E-state index contributed by atoms with van der Waals surface area (Å²) in [5, 5.41) is 5.61. The number of hydrogen-bond donors (Lipinski definition) is 3. The van der Waals surface area contributed by atoms with Crippen LogP contribution in [0.2, 0.25) is 0 Å². The van der Waals surface area contributed by atoms with E-state index in [9.17, 15) is 9.59 Å². The number of H-pyrrole nitrogens is 1. The van der Waals surface area contributed by atoms with E-state index < -0.39 is 11.8 Å². The van der Waals surface area contributed by atoms with Crippen molar-refractivity contribution in [2.75, 3.05) is 13.3 Å². The molecule has 0 radical (unpaired) electrons. The first-order valence-electron chi connectivity index (χ1n) is 11.0. The molecule has 0 fully saturated rings. The van der Waals surface area contributed by atoms with Gasteiger partial charge in [-0.3, -0.25) is 9.59 Å². The van der Waals surface area contributed by atoms with Gasteiger partial charge in [-0.25, -0.2) is 4.98 Å². The van der Waals surface area contributed by atoms with Crippen LogP contribution in [0.3, 0.4) is 0 Å². The van der Waals surface area contributed by atoms with E-state index in [4.69, 9.17) is 9.47 Å². The minimum Gasteiger partial charge on any atom is -0.454 e. The maximum atomic E-state index is 13.1. The normalized spacial score (nSPS) is 12.5. The molecule has 5 rings (SSSR count). The van der Waals surface area contributed by atoms with E-state index in [0.717, 1.165) is 21.3 Å². The maximum Gasteiger partial charge on any atom is 0.267 e. The molecule has 0 saturated carbocycles. The average molecular weight is 533 g/mol. The van der Waals surface area contributed by atoms with E-state index in [1.165, 1.54) is 0 Å². The van der Waals surface area contributed by atoms with Crippen LogP contribution in [0.1, 0.15) is 21.7 Å². The fraction of sp³-hybridized carbons (Fsp3) is 0.115. The van der Waals surface area contributed by atoms with Crippen molar-refractivity contribution in [2.24, 2.45) is 0 Å². The minimum atomic E-state index is -0.413. The molecular weight excluding hydrogens is 512 g/mol. The lowest BCUT2D eigenvalue weighted by molar-refractivity contribution is -0.117. The predicted octanol–water partition coefficient (Wildman–Crippen LogP) is 4.18. The van der Waals surface area contributed by atoms with Crippen molar-refractivity contribution in [3.8, 4) is 11.5 Å². The standard InChI is InChI=1S/C26H21BrN4O4/c27-18-8-6-17(7-9-18)25(32)31-21(13-16-5-10-22-23(14-16)35-15-34-22)26(33)28-12-11-24-29-19-3-1-2-4-20(19)30-24/h1-10,13-14H,11-12,15H2,(H,28,33)(H,29,30)(H,31,32). The van der Waals surface area contributed by atoms with Gasteiger partial charge in [0.25, 0.3) is 11.8 Å². The number of carbonyl (C=O) groups excluding carboxylic acids is 2. The molecule has 2 heterocycles. The summed E-state index contributed by atoms with van der Waals surface area (Å²) >= 11 is 3.36. The Labute approximate surface area is 209 Å². The number of ether oxygens (including phenoxy) is 2. The Morgan fingerprint density at radius 2 is 1.83 bits per heavy atom. The first-order valence-corrected chi connectivity index (χ1v) is 11.7. The third kappa shape index (κ3) is 5.36. The molecule has 0 bridgehead atoms. The second-order valence-corrected chi connectivity index (χ2v) is 8.75. The zero-order chi connectivity index (χ0) is 24.2. The van der Waals surface area contributed by atoms with E-state index in [2.05, 4.69) is 36.5 Å². The molecule has 0 spiro atoms. The molecule has 0 atom stereocenters. The Bertz CT molecular complexity index is 1400. The zero-order valence-electron chi connectivity index (χ0n) is 18.5. The van der Waals surface area contributed by atoms with Crippen LogP contribution in [-0.2, 0) is 11.2 Å². The average Bonchev–Trinajstić information content (AvgIpc) is 3.50. The predicted molar refractivity (Wildman–Crippen MR) is 135 cm³/mol. The van der Waals surface area contributed by atoms with Gasteiger partial charge in [0.05, 0.1) is 11.0 Å². The number of hydrogen-bond acceptors (Lipinski definition) is 5. The van der Waals surface area contributed by atoms with Crippen molar-refractivity contribution >= 4 is 44.9 Å². The van der Waals surface area contributed by atoms with Gasteiger partial charge in [-0.1, -0.05) is 34.1 Å². The summed E-state index contributed by atoms with van der Waals surface area (Å²) < 4.78 is 11.6. The van der Waals surface area contributed by atoms with Gasteiger partial charge in [-0.2, -0.15) is 0 Å². The molecule has 9 heteroatoms. The van der Waals surface area contributed by atoms with Crippen molar-refractivity contribution in [3.63, 3.8) is 0 Å². The molecule has 8 nitrogen and oxygen atoms in total. The van der Waals surface area contributed by atoms with Crippen LogP contribution in [0, 0.1) is 0 Å². The van der Waals surface area contributed by atoms with Crippen LogP contribution < -0.4 is 20.1 Å². The molecule has 176 valence electrons. The van der Waals surface area contributed by atoms with Gasteiger partial charge in [0.15, 0.2) is 11.5 Å². The molecular formula is C26H21BrN4O4. The highest BCUT2D eigenvalue weighted by atomic mass is 79.9. The van der Waals surface area contributed by atoms with Crippen LogP contribution in [0.5, 0.6) is 11.5 Å². The first kappa shape index (κ1) is 22.7.